The lowest BCUT2D eigenvalue weighted by Crippen LogP contribution is -2.37. The maximum Gasteiger partial charge on any atom is 0.407 e. The average molecular weight is 474 g/mol. The molecule has 1 N–H and O–H groups in total. The van der Waals surface area contributed by atoms with E-state index in [2.05, 4.69) is 40.9 Å². The molecule has 0 heterocycles. The van der Waals surface area contributed by atoms with E-state index in [9.17, 15) is 13.2 Å². The third-order valence-electron chi connectivity index (χ3n) is 3.55. The van der Waals surface area contributed by atoms with Gasteiger partial charge in [0.2, 0.25) is 10.0 Å². The normalized spacial score (nSPS) is 13.1. The largest absolute Gasteiger partial charge is 0.444 e. The highest BCUT2D eigenvalue weighted by molar-refractivity contribution is 9.09. The number of hydrogen-bond donors (Lipinski definition) is 1. The van der Waals surface area contributed by atoms with E-state index in [0.717, 1.165) is 17.8 Å². The van der Waals surface area contributed by atoms with Crippen LogP contribution < -0.4 is 5.32 Å². The molecule has 0 aliphatic rings. The Morgan fingerprint density at radius 3 is 2.19 bits per heavy atom. The van der Waals surface area contributed by atoms with E-state index in [-0.39, 0.29) is 5.75 Å². The van der Waals surface area contributed by atoms with Gasteiger partial charge >= 0.3 is 6.09 Å². The van der Waals surface area contributed by atoms with Gasteiger partial charge in [0.05, 0.1) is 5.75 Å². The van der Waals surface area contributed by atoms with Crippen LogP contribution in [0.3, 0.4) is 0 Å². The van der Waals surface area contributed by atoms with Crippen LogP contribution in [0.25, 0.3) is 0 Å². The molecule has 0 saturated carbocycles. The number of sulfonamides is 1. The molecule has 1 amide bonds. The molecule has 0 saturated heterocycles. The van der Waals surface area contributed by atoms with Crippen molar-refractivity contribution in [1.82, 2.24) is 9.62 Å². The molecule has 26 heavy (non-hydrogen) atoms. The van der Waals surface area contributed by atoms with Crippen LogP contribution in [0.5, 0.6) is 0 Å². The molecule has 6 nitrogen and oxygen atoms in total. The number of halogens is 1. The van der Waals surface area contributed by atoms with Gasteiger partial charge in [-0.15, -0.1) is 0 Å². The predicted molar refractivity (Wildman–Crippen MR) is 115 cm³/mol. The van der Waals surface area contributed by atoms with Crippen molar-refractivity contribution in [3.63, 3.8) is 0 Å². The summed E-state index contributed by atoms with van der Waals surface area (Å²) < 4.78 is 32.1. The topological polar surface area (TPSA) is 75.7 Å². The van der Waals surface area contributed by atoms with Crippen molar-refractivity contribution >= 4 is 40.1 Å². The molecule has 0 unspecified atom stereocenters. The molecule has 0 aliphatic heterocycles. The quantitative estimate of drug-likeness (QED) is 0.264. The van der Waals surface area contributed by atoms with Gasteiger partial charge in [0.15, 0.2) is 0 Å². The Morgan fingerprint density at radius 2 is 1.69 bits per heavy atom. The molecule has 0 aliphatic carbocycles. The molecule has 0 spiro atoms. The monoisotopic (exact) mass is 472 g/mol. The Bertz CT molecular complexity index is 516. The van der Waals surface area contributed by atoms with Crippen LogP contribution in [-0.4, -0.2) is 63.2 Å². The minimum absolute atomic E-state index is 0.237. The summed E-state index contributed by atoms with van der Waals surface area (Å²) in [4.78, 5) is 11.6. The van der Waals surface area contributed by atoms with Gasteiger partial charge in [-0.3, -0.25) is 0 Å². The van der Waals surface area contributed by atoms with Crippen molar-refractivity contribution < 1.29 is 17.9 Å². The molecule has 9 heteroatoms. The Labute approximate surface area is 169 Å². The number of nitrogens with zero attached hydrogens (tertiary/aromatic N) is 1. The van der Waals surface area contributed by atoms with Crippen LogP contribution in [0.1, 0.15) is 40.0 Å². The first-order valence-corrected chi connectivity index (χ1v) is 15.7. The van der Waals surface area contributed by atoms with E-state index in [0.29, 0.717) is 32.5 Å². The van der Waals surface area contributed by atoms with Crippen LogP contribution in [0.15, 0.2) is 0 Å². The number of ether oxygens (including phenoxy) is 1. The van der Waals surface area contributed by atoms with Crippen molar-refractivity contribution in [2.45, 2.75) is 71.3 Å². The Morgan fingerprint density at radius 1 is 1.12 bits per heavy atom. The molecule has 156 valence electrons. The highest BCUT2D eigenvalue weighted by Crippen LogP contribution is 2.14. The van der Waals surface area contributed by atoms with Crippen molar-refractivity contribution in [2.24, 2.45) is 0 Å². The molecular formula is C17H37BrN2O4SSi. The van der Waals surface area contributed by atoms with Gasteiger partial charge in [0, 0.05) is 33.0 Å². The standard InChI is InChI=1S/C17H37BrN2O4SSi/c1-17(2,3)24-16(21)19-11-7-8-12-20(13-9-10-18)25(22,23)14-15-26(4,5)6/h7-15H2,1-6H3,(H,19,21). The summed E-state index contributed by atoms with van der Waals surface area (Å²) in [6, 6.07) is 0.778. The first-order valence-electron chi connectivity index (χ1n) is 9.27. The fraction of sp³-hybridized carbons (Fsp3) is 0.941. The Hall–Kier alpha value is -0.123. The number of unbranched alkanes of at least 4 members (excludes halogenated alkanes) is 1. The molecular weight excluding hydrogens is 436 g/mol. The maximum absolute atomic E-state index is 12.7. The van der Waals surface area contributed by atoms with Crippen LogP contribution in [0, 0.1) is 0 Å². The lowest BCUT2D eigenvalue weighted by Gasteiger charge is -2.24. The molecule has 0 aromatic heterocycles. The average Bonchev–Trinajstić information content (AvgIpc) is 2.45. The van der Waals surface area contributed by atoms with Crippen LogP contribution >= 0.6 is 15.9 Å². The molecule has 0 aromatic carbocycles. The highest BCUT2D eigenvalue weighted by atomic mass is 79.9. The summed E-state index contributed by atoms with van der Waals surface area (Å²) in [7, 11) is -4.62. The first kappa shape index (κ1) is 25.9. The number of rotatable bonds is 12. The van der Waals surface area contributed by atoms with E-state index < -0.39 is 29.8 Å². The van der Waals surface area contributed by atoms with Gasteiger partial charge in [-0.05, 0) is 46.1 Å². The second-order valence-corrected chi connectivity index (χ2v) is 17.2. The molecule has 0 fully saturated rings. The van der Waals surface area contributed by atoms with E-state index in [1.54, 1.807) is 4.31 Å². The molecule has 0 bridgehead atoms. The Kier molecular flexibility index (Phi) is 11.6. The summed E-state index contributed by atoms with van der Waals surface area (Å²) in [6.45, 7) is 13.5. The number of carbonyl (C=O) groups excluding carboxylic acids is 1. The number of alkyl halides is 1. The van der Waals surface area contributed by atoms with Crippen molar-refractivity contribution in [3.8, 4) is 0 Å². The fourth-order valence-electron chi connectivity index (χ4n) is 2.11. The Balaban J connectivity index is 4.40. The second-order valence-electron chi connectivity index (χ2n) is 8.70. The van der Waals surface area contributed by atoms with Gasteiger partial charge in [0.1, 0.15) is 5.60 Å². The summed E-state index contributed by atoms with van der Waals surface area (Å²) in [5.41, 5.74) is -0.513. The van der Waals surface area contributed by atoms with E-state index in [1.165, 1.54) is 0 Å². The van der Waals surface area contributed by atoms with Crippen molar-refractivity contribution in [1.29, 1.82) is 0 Å². The van der Waals surface area contributed by atoms with Crippen molar-refractivity contribution in [2.75, 3.05) is 30.7 Å². The van der Waals surface area contributed by atoms with E-state index in [4.69, 9.17) is 4.74 Å². The SMILES string of the molecule is CC(C)(C)OC(=O)NCCCCN(CCCBr)S(=O)(=O)CC[Si](C)(C)C. The number of carbonyl (C=O) groups is 1. The summed E-state index contributed by atoms with van der Waals surface area (Å²) in [5, 5.41) is 3.49. The number of nitrogens with one attached hydrogen (secondary N) is 1. The summed E-state index contributed by atoms with van der Waals surface area (Å²) in [5.74, 6) is 0.237. The summed E-state index contributed by atoms with van der Waals surface area (Å²) in [6.07, 6.45) is 1.79. The number of amides is 1. The second kappa shape index (κ2) is 11.7. The zero-order chi connectivity index (χ0) is 20.4. The predicted octanol–water partition coefficient (Wildman–Crippen LogP) is 4.05. The molecule has 0 aromatic rings. The number of hydrogen-bond acceptors (Lipinski definition) is 4. The smallest absolute Gasteiger partial charge is 0.407 e. The lowest BCUT2D eigenvalue weighted by molar-refractivity contribution is 0.0526. The minimum Gasteiger partial charge on any atom is -0.444 e. The van der Waals surface area contributed by atoms with Crippen LogP contribution in [0.4, 0.5) is 4.79 Å². The molecule has 0 rings (SSSR count). The molecule has 0 radical (unpaired) electrons. The third-order valence-corrected chi connectivity index (χ3v) is 8.09. The summed E-state index contributed by atoms with van der Waals surface area (Å²) >= 11 is 3.37. The van der Waals surface area contributed by atoms with E-state index in [1.807, 2.05) is 20.8 Å². The highest BCUT2D eigenvalue weighted by Gasteiger charge is 2.24. The van der Waals surface area contributed by atoms with Gasteiger partial charge < -0.3 is 10.1 Å². The van der Waals surface area contributed by atoms with Gasteiger partial charge in [-0.25, -0.2) is 17.5 Å². The van der Waals surface area contributed by atoms with Gasteiger partial charge in [0.25, 0.3) is 0 Å². The number of alkyl carbamates (subject to hydrolysis) is 1. The lowest BCUT2D eigenvalue weighted by atomic mass is 10.2. The van der Waals surface area contributed by atoms with Gasteiger partial charge in [-0.1, -0.05) is 35.6 Å². The van der Waals surface area contributed by atoms with Gasteiger partial charge in [-0.2, -0.15) is 0 Å². The maximum atomic E-state index is 12.7. The zero-order valence-electron chi connectivity index (χ0n) is 17.2. The third kappa shape index (κ3) is 14.0. The van der Waals surface area contributed by atoms with Crippen LogP contribution in [-0.2, 0) is 14.8 Å². The van der Waals surface area contributed by atoms with Crippen molar-refractivity contribution in [3.05, 3.63) is 0 Å². The van der Waals surface area contributed by atoms with Crippen LogP contribution in [0.2, 0.25) is 25.7 Å². The minimum atomic E-state index is -3.22. The first-order chi connectivity index (χ1) is 11.8. The molecule has 0 atom stereocenters. The van der Waals surface area contributed by atoms with E-state index >= 15 is 0 Å². The zero-order valence-corrected chi connectivity index (χ0v) is 20.6. The fourth-order valence-corrected chi connectivity index (χ4v) is 6.91.